The quantitative estimate of drug-likeness (QED) is 0.536. The average Bonchev–Trinajstić information content (AvgIpc) is 2.61. The molecule has 0 unspecified atom stereocenters. The lowest BCUT2D eigenvalue weighted by Gasteiger charge is -2.24. The second-order valence-corrected chi connectivity index (χ2v) is 8.37. The molecule has 0 spiro atoms. The molecule has 0 radical (unpaired) electrons. The van der Waals surface area contributed by atoms with Crippen LogP contribution in [0.2, 0.25) is 0 Å². The Balaban J connectivity index is 2.67. The first kappa shape index (κ1) is 19.7. The Hall–Kier alpha value is -1.61. The zero-order valence-electron chi connectivity index (χ0n) is 15.8. The van der Waals surface area contributed by atoms with Crippen LogP contribution in [0.5, 0.6) is 5.75 Å². The lowest BCUT2D eigenvalue weighted by Crippen LogP contribution is -2.05. The van der Waals surface area contributed by atoms with E-state index in [0.29, 0.717) is 5.75 Å². The fourth-order valence-corrected chi connectivity index (χ4v) is 3.43. The summed E-state index contributed by atoms with van der Waals surface area (Å²) in [6.07, 6.45) is 0. The van der Waals surface area contributed by atoms with Gasteiger partial charge in [-0.2, -0.15) is 0 Å². The molecule has 0 heterocycles. The molecule has 0 aliphatic rings. The van der Waals surface area contributed by atoms with E-state index in [1.54, 1.807) is 0 Å². The van der Waals surface area contributed by atoms with E-state index in [4.69, 9.17) is 13.6 Å². The number of hydrogen-bond donors (Lipinski definition) is 0. The molecule has 0 aliphatic heterocycles. The summed E-state index contributed by atoms with van der Waals surface area (Å²) >= 11 is 0. The molecule has 25 heavy (non-hydrogen) atoms. The number of rotatable bonds is 7. The van der Waals surface area contributed by atoms with Crippen molar-refractivity contribution in [3.8, 4) is 16.9 Å². The van der Waals surface area contributed by atoms with Gasteiger partial charge >= 0.3 is 7.82 Å². The molecule has 0 saturated carbocycles. The van der Waals surface area contributed by atoms with Crippen LogP contribution in [-0.4, -0.2) is 14.2 Å². The minimum atomic E-state index is -3.62. The highest BCUT2D eigenvalue weighted by Crippen LogP contribution is 2.52. The van der Waals surface area contributed by atoms with Gasteiger partial charge in [0.1, 0.15) is 5.75 Å². The van der Waals surface area contributed by atoms with Crippen LogP contribution in [0.1, 0.15) is 50.7 Å². The van der Waals surface area contributed by atoms with E-state index in [2.05, 4.69) is 52.0 Å². The van der Waals surface area contributed by atoms with E-state index in [-0.39, 0.29) is 11.8 Å². The number of benzene rings is 2. The van der Waals surface area contributed by atoms with Gasteiger partial charge in [0.05, 0.1) is 0 Å². The summed E-state index contributed by atoms with van der Waals surface area (Å²) in [5, 5.41) is 0. The predicted molar refractivity (Wildman–Crippen MR) is 102 cm³/mol. The average molecular weight is 362 g/mol. The summed E-state index contributed by atoms with van der Waals surface area (Å²) in [5.41, 5.74) is 4.23. The highest BCUT2D eigenvalue weighted by Gasteiger charge is 2.29. The van der Waals surface area contributed by atoms with Crippen molar-refractivity contribution in [3.63, 3.8) is 0 Å². The Kier molecular flexibility index (Phi) is 6.45. The van der Waals surface area contributed by atoms with Crippen LogP contribution in [0.3, 0.4) is 0 Å². The molecule has 2 aromatic carbocycles. The summed E-state index contributed by atoms with van der Waals surface area (Å²) in [4.78, 5) is 0. The Morgan fingerprint density at radius 2 is 1.28 bits per heavy atom. The minimum absolute atomic E-state index is 0.193. The molecule has 0 N–H and O–H groups in total. The summed E-state index contributed by atoms with van der Waals surface area (Å²) in [7, 11) is -0.971. The third kappa shape index (κ3) is 4.52. The van der Waals surface area contributed by atoms with Crippen molar-refractivity contribution in [1.29, 1.82) is 0 Å². The van der Waals surface area contributed by atoms with Gasteiger partial charge in [-0.15, -0.1) is 0 Å². The monoisotopic (exact) mass is 362 g/mol. The van der Waals surface area contributed by atoms with Crippen LogP contribution in [0.4, 0.5) is 0 Å². The predicted octanol–water partition coefficient (Wildman–Crippen LogP) is 6.38. The maximum Gasteiger partial charge on any atom is 0.529 e. The second-order valence-electron chi connectivity index (χ2n) is 6.56. The van der Waals surface area contributed by atoms with Crippen LogP contribution in [0, 0.1) is 0 Å². The molecule has 0 bridgehead atoms. The molecule has 0 atom stereocenters. The zero-order valence-corrected chi connectivity index (χ0v) is 16.7. The fraction of sp³-hybridized carbons (Fsp3) is 0.400. The van der Waals surface area contributed by atoms with Crippen molar-refractivity contribution in [2.24, 2.45) is 0 Å². The molecule has 2 aromatic rings. The summed E-state index contributed by atoms with van der Waals surface area (Å²) in [6, 6.07) is 14.4. The Labute approximate surface area is 150 Å². The van der Waals surface area contributed by atoms with E-state index < -0.39 is 7.82 Å². The van der Waals surface area contributed by atoms with Gasteiger partial charge in [0, 0.05) is 14.2 Å². The first-order valence-electron chi connectivity index (χ1n) is 8.45. The van der Waals surface area contributed by atoms with Crippen molar-refractivity contribution < 1.29 is 18.1 Å². The van der Waals surface area contributed by atoms with E-state index in [9.17, 15) is 4.57 Å². The maximum atomic E-state index is 12.6. The van der Waals surface area contributed by atoms with Crippen LogP contribution in [0.25, 0.3) is 11.1 Å². The SMILES string of the molecule is COP(=O)(OC)Oc1c(C(C)C)cc(-c2ccccc2)cc1C(C)C. The van der Waals surface area contributed by atoms with E-state index in [1.807, 2.05) is 18.2 Å². The first-order chi connectivity index (χ1) is 11.8. The Morgan fingerprint density at radius 3 is 1.68 bits per heavy atom. The first-order valence-corrected chi connectivity index (χ1v) is 9.91. The Bertz CT molecular complexity index is 717. The van der Waals surface area contributed by atoms with Gasteiger partial charge in [-0.05, 0) is 46.2 Å². The van der Waals surface area contributed by atoms with Gasteiger partial charge in [0.25, 0.3) is 0 Å². The van der Waals surface area contributed by atoms with E-state index in [0.717, 1.165) is 22.3 Å². The molecular formula is C20H27O4P. The topological polar surface area (TPSA) is 44.8 Å². The van der Waals surface area contributed by atoms with Crippen molar-refractivity contribution in [2.45, 2.75) is 39.5 Å². The lowest BCUT2D eigenvalue weighted by molar-refractivity contribution is 0.209. The summed E-state index contributed by atoms with van der Waals surface area (Å²) in [5.74, 6) is 0.980. The normalized spacial score (nSPS) is 12.0. The van der Waals surface area contributed by atoms with Gasteiger partial charge in [0.15, 0.2) is 0 Å². The van der Waals surface area contributed by atoms with Gasteiger partial charge < -0.3 is 4.52 Å². The van der Waals surface area contributed by atoms with Crippen LogP contribution < -0.4 is 4.52 Å². The van der Waals surface area contributed by atoms with Gasteiger partial charge in [-0.1, -0.05) is 58.0 Å². The third-order valence-electron chi connectivity index (χ3n) is 4.15. The van der Waals surface area contributed by atoms with Crippen LogP contribution in [0.15, 0.2) is 42.5 Å². The highest BCUT2D eigenvalue weighted by molar-refractivity contribution is 7.48. The molecule has 4 nitrogen and oxygen atoms in total. The number of phosphoric ester groups is 1. The van der Waals surface area contributed by atoms with E-state index >= 15 is 0 Å². The van der Waals surface area contributed by atoms with Crippen molar-refractivity contribution in [2.75, 3.05) is 14.2 Å². The largest absolute Gasteiger partial charge is 0.529 e. The van der Waals surface area contributed by atoms with Crippen molar-refractivity contribution >= 4 is 7.82 Å². The highest BCUT2D eigenvalue weighted by atomic mass is 31.2. The van der Waals surface area contributed by atoms with Crippen LogP contribution >= 0.6 is 7.82 Å². The van der Waals surface area contributed by atoms with E-state index in [1.165, 1.54) is 14.2 Å². The second kappa shape index (κ2) is 8.18. The Morgan fingerprint density at radius 1 is 0.800 bits per heavy atom. The summed E-state index contributed by atoms with van der Waals surface area (Å²) in [6.45, 7) is 8.36. The molecule has 136 valence electrons. The minimum Gasteiger partial charge on any atom is -0.403 e. The smallest absolute Gasteiger partial charge is 0.403 e. The third-order valence-corrected chi connectivity index (χ3v) is 5.45. The van der Waals surface area contributed by atoms with Crippen molar-refractivity contribution in [3.05, 3.63) is 53.6 Å². The zero-order chi connectivity index (χ0) is 18.6. The molecule has 0 fully saturated rings. The molecular weight excluding hydrogens is 335 g/mol. The molecule has 0 saturated heterocycles. The summed E-state index contributed by atoms with van der Waals surface area (Å²) < 4.78 is 28.3. The van der Waals surface area contributed by atoms with Gasteiger partial charge in [-0.3, -0.25) is 9.05 Å². The molecule has 0 aromatic heterocycles. The lowest BCUT2D eigenvalue weighted by atomic mass is 9.89. The molecule has 0 aliphatic carbocycles. The van der Waals surface area contributed by atoms with Gasteiger partial charge in [0.2, 0.25) is 0 Å². The van der Waals surface area contributed by atoms with Gasteiger partial charge in [-0.25, -0.2) is 4.57 Å². The molecule has 2 rings (SSSR count). The molecule has 0 amide bonds. The van der Waals surface area contributed by atoms with Crippen LogP contribution in [-0.2, 0) is 13.6 Å². The fourth-order valence-electron chi connectivity index (χ4n) is 2.70. The number of phosphoric acid groups is 1. The molecule has 5 heteroatoms. The van der Waals surface area contributed by atoms with Crippen molar-refractivity contribution in [1.82, 2.24) is 0 Å². The maximum absolute atomic E-state index is 12.6. The standard InChI is InChI=1S/C20H27O4P/c1-14(2)18-12-17(16-10-8-7-9-11-16)13-19(15(3)4)20(18)24-25(21,22-5)23-6/h7-15H,1-6H3. The number of hydrogen-bond acceptors (Lipinski definition) is 4.